The molecule has 3 heteroatoms. The van der Waals surface area contributed by atoms with E-state index in [-0.39, 0.29) is 17.6 Å². The first-order valence-electron chi connectivity index (χ1n) is 7.27. The van der Waals surface area contributed by atoms with Crippen LogP contribution in [0.4, 0.5) is 5.69 Å². The molecule has 1 unspecified atom stereocenters. The molecule has 21 heavy (non-hydrogen) atoms. The predicted molar refractivity (Wildman–Crippen MR) is 85.6 cm³/mol. The van der Waals surface area contributed by atoms with Crippen LogP contribution in [0, 0.1) is 6.92 Å². The molecule has 0 heterocycles. The van der Waals surface area contributed by atoms with Crippen molar-refractivity contribution in [3.05, 3.63) is 59.7 Å². The Morgan fingerprint density at radius 2 is 1.90 bits per heavy atom. The highest BCUT2D eigenvalue weighted by atomic mass is 16.3. The number of amides is 1. The molecule has 0 radical (unpaired) electrons. The van der Waals surface area contributed by atoms with Gasteiger partial charge in [0.25, 0.3) is 0 Å². The number of aromatic hydroxyl groups is 1. The first-order valence-corrected chi connectivity index (χ1v) is 7.27. The molecular formula is C18H21NO2. The van der Waals surface area contributed by atoms with E-state index >= 15 is 0 Å². The van der Waals surface area contributed by atoms with E-state index in [2.05, 4.69) is 12.2 Å². The Bertz CT molecular complexity index is 608. The van der Waals surface area contributed by atoms with Crippen LogP contribution in [0.1, 0.15) is 36.8 Å². The molecule has 2 aromatic rings. The lowest BCUT2D eigenvalue weighted by atomic mass is 9.93. The second-order valence-electron chi connectivity index (χ2n) is 5.26. The van der Waals surface area contributed by atoms with Gasteiger partial charge in [-0.05, 0) is 36.6 Å². The number of nitrogens with one attached hydrogen (secondary N) is 1. The summed E-state index contributed by atoms with van der Waals surface area (Å²) in [4.78, 5) is 12.5. The quantitative estimate of drug-likeness (QED) is 0.807. The molecule has 0 saturated carbocycles. The van der Waals surface area contributed by atoms with Gasteiger partial charge < -0.3 is 10.4 Å². The van der Waals surface area contributed by atoms with Gasteiger partial charge in [0, 0.05) is 0 Å². The number of anilines is 1. The summed E-state index contributed by atoms with van der Waals surface area (Å²) < 4.78 is 0. The van der Waals surface area contributed by atoms with Crippen molar-refractivity contribution in [1.82, 2.24) is 0 Å². The average Bonchev–Trinajstić information content (AvgIpc) is 2.48. The molecule has 2 aromatic carbocycles. The van der Waals surface area contributed by atoms with E-state index in [1.807, 2.05) is 43.3 Å². The fraction of sp³-hybridized carbons (Fsp3) is 0.278. The van der Waals surface area contributed by atoms with Crippen LogP contribution in [0.5, 0.6) is 5.75 Å². The third-order valence-electron chi connectivity index (χ3n) is 3.51. The topological polar surface area (TPSA) is 49.3 Å². The number of carbonyl (C=O) groups excluding carboxylic acids is 1. The maximum Gasteiger partial charge on any atom is 0.232 e. The molecule has 0 bridgehead atoms. The summed E-state index contributed by atoms with van der Waals surface area (Å²) in [7, 11) is 0. The third-order valence-corrected chi connectivity index (χ3v) is 3.51. The second kappa shape index (κ2) is 6.93. The minimum Gasteiger partial charge on any atom is -0.506 e. The molecule has 1 atom stereocenters. The highest BCUT2D eigenvalue weighted by Crippen LogP contribution is 2.27. The van der Waals surface area contributed by atoms with E-state index in [0.717, 1.165) is 24.0 Å². The summed E-state index contributed by atoms with van der Waals surface area (Å²) in [6.07, 6.45) is 1.70. The van der Waals surface area contributed by atoms with E-state index in [1.54, 1.807) is 12.1 Å². The van der Waals surface area contributed by atoms with Gasteiger partial charge in [0.2, 0.25) is 5.91 Å². The molecule has 3 nitrogen and oxygen atoms in total. The largest absolute Gasteiger partial charge is 0.506 e. The molecule has 0 aliphatic carbocycles. The normalized spacial score (nSPS) is 11.9. The molecule has 0 aliphatic heterocycles. The SMILES string of the molecule is CCCC(C(=O)Nc1ccc(C)cc1O)c1ccccc1. The van der Waals surface area contributed by atoms with Gasteiger partial charge in [-0.15, -0.1) is 0 Å². The Hall–Kier alpha value is -2.29. The summed E-state index contributed by atoms with van der Waals surface area (Å²) in [6, 6.07) is 15.0. The molecule has 0 fully saturated rings. The van der Waals surface area contributed by atoms with E-state index in [4.69, 9.17) is 0 Å². The average molecular weight is 283 g/mol. The van der Waals surface area contributed by atoms with Crippen LogP contribution < -0.4 is 5.32 Å². The van der Waals surface area contributed by atoms with Gasteiger partial charge in [-0.2, -0.15) is 0 Å². The summed E-state index contributed by atoms with van der Waals surface area (Å²) in [6.45, 7) is 3.96. The van der Waals surface area contributed by atoms with Crippen LogP contribution in [0.25, 0.3) is 0 Å². The van der Waals surface area contributed by atoms with Crippen molar-refractivity contribution in [3.63, 3.8) is 0 Å². The van der Waals surface area contributed by atoms with Gasteiger partial charge in [0.1, 0.15) is 5.75 Å². The van der Waals surface area contributed by atoms with E-state index in [1.165, 1.54) is 0 Å². The fourth-order valence-electron chi connectivity index (χ4n) is 2.39. The van der Waals surface area contributed by atoms with Crippen molar-refractivity contribution >= 4 is 11.6 Å². The molecule has 0 aromatic heterocycles. The smallest absolute Gasteiger partial charge is 0.232 e. The number of aryl methyl sites for hydroxylation is 1. The zero-order chi connectivity index (χ0) is 15.2. The summed E-state index contributed by atoms with van der Waals surface area (Å²) in [5, 5.41) is 12.7. The van der Waals surface area contributed by atoms with Crippen LogP contribution in [0.15, 0.2) is 48.5 Å². The summed E-state index contributed by atoms with van der Waals surface area (Å²) >= 11 is 0. The lowest BCUT2D eigenvalue weighted by molar-refractivity contribution is -0.117. The highest BCUT2D eigenvalue weighted by Gasteiger charge is 2.20. The van der Waals surface area contributed by atoms with Gasteiger partial charge in [-0.3, -0.25) is 4.79 Å². The van der Waals surface area contributed by atoms with Gasteiger partial charge in [0.15, 0.2) is 0 Å². The standard InChI is InChI=1S/C18H21NO2/c1-3-7-15(14-8-5-4-6-9-14)18(21)19-16-11-10-13(2)12-17(16)20/h4-6,8-12,15,20H,3,7H2,1-2H3,(H,19,21). The lowest BCUT2D eigenvalue weighted by Gasteiger charge is -2.17. The molecule has 2 N–H and O–H groups in total. The van der Waals surface area contributed by atoms with Crippen molar-refractivity contribution in [2.75, 3.05) is 5.32 Å². The fourth-order valence-corrected chi connectivity index (χ4v) is 2.39. The molecule has 1 amide bonds. The highest BCUT2D eigenvalue weighted by molar-refractivity contribution is 5.97. The van der Waals surface area contributed by atoms with Gasteiger partial charge in [0.05, 0.1) is 11.6 Å². The molecule has 0 spiro atoms. The Balaban J connectivity index is 2.19. The van der Waals surface area contributed by atoms with Crippen LogP contribution in [0.3, 0.4) is 0 Å². The first-order chi connectivity index (χ1) is 10.1. The number of carbonyl (C=O) groups is 1. The Morgan fingerprint density at radius 3 is 2.52 bits per heavy atom. The minimum atomic E-state index is -0.197. The zero-order valence-corrected chi connectivity index (χ0v) is 12.5. The Morgan fingerprint density at radius 1 is 1.19 bits per heavy atom. The monoisotopic (exact) mass is 283 g/mol. The number of rotatable bonds is 5. The van der Waals surface area contributed by atoms with Gasteiger partial charge >= 0.3 is 0 Å². The van der Waals surface area contributed by atoms with Crippen molar-refractivity contribution in [1.29, 1.82) is 0 Å². The minimum absolute atomic E-state index is 0.0813. The third kappa shape index (κ3) is 3.85. The second-order valence-corrected chi connectivity index (χ2v) is 5.26. The summed E-state index contributed by atoms with van der Waals surface area (Å²) in [5.74, 6) is -0.175. The van der Waals surface area contributed by atoms with Crippen LogP contribution in [-0.4, -0.2) is 11.0 Å². The molecule has 110 valence electrons. The maximum atomic E-state index is 12.5. The van der Waals surface area contributed by atoms with Gasteiger partial charge in [-0.25, -0.2) is 0 Å². The maximum absolute atomic E-state index is 12.5. The van der Waals surface area contributed by atoms with E-state index in [9.17, 15) is 9.90 Å². The zero-order valence-electron chi connectivity index (χ0n) is 12.5. The summed E-state index contributed by atoms with van der Waals surface area (Å²) in [5.41, 5.74) is 2.42. The van der Waals surface area contributed by atoms with Crippen molar-refractivity contribution in [2.45, 2.75) is 32.6 Å². The number of benzene rings is 2. The van der Waals surface area contributed by atoms with E-state index in [0.29, 0.717) is 5.69 Å². The van der Waals surface area contributed by atoms with Crippen molar-refractivity contribution in [2.24, 2.45) is 0 Å². The van der Waals surface area contributed by atoms with Crippen LogP contribution in [-0.2, 0) is 4.79 Å². The number of hydrogen-bond donors (Lipinski definition) is 2. The Labute approximate surface area is 125 Å². The molecule has 2 rings (SSSR count). The molecule has 0 aliphatic rings. The van der Waals surface area contributed by atoms with Crippen LogP contribution in [0.2, 0.25) is 0 Å². The number of phenols is 1. The lowest BCUT2D eigenvalue weighted by Crippen LogP contribution is -2.21. The van der Waals surface area contributed by atoms with Crippen molar-refractivity contribution < 1.29 is 9.90 Å². The van der Waals surface area contributed by atoms with E-state index < -0.39 is 0 Å². The predicted octanol–water partition coefficient (Wildman–Crippen LogP) is 4.22. The number of phenolic OH excluding ortho intramolecular Hbond substituents is 1. The van der Waals surface area contributed by atoms with Crippen LogP contribution >= 0.6 is 0 Å². The molecule has 0 saturated heterocycles. The number of hydrogen-bond acceptors (Lipinski definition) is 2. The Kier molecular flexibility index (Phi) is 4.99. The first kappa shape index (κ1) is 15.1. The van der Waals surface area contributed by atoms with Gasteiger partial charge in [-0.1, -0.05) is 49.7 Å². The van der Waals surface area contributed by atoms with Crippen molar-refractivity contribution in [3.8, 4) is 5.75 Å². The molecular weight excluding hydrogens is 262 g/mol.